The van der Waals surface area contributed by atoms with Crippen LogP contribution in [-0.4, -0.2) is 31.9 Å². The molecule has 0 amide bonds. The SMILES string of the molecule is c1ccc(C2CCc3cc(O[C@H]4CC[C@H](NCC5CCOC5)CC4)ccc3O2)cc1. The van der Waals surface area contributed by atoms with Gasteiger partial charge in [-0.25, -0.2) is 0 Å². The molecule has 0 bridgehead atoms. The van der Waals surface area contributed by atoms with E-state index in [4.69, 9.17) is 14.2 Å². The molecule has 4 heteroatoms. The van der Waals surface area contributed by atoms with Gasteiger partial charge in [0.25, 0.3) is 0 Å². The predicted octanol–water partition coefficient (Wildman–Crippen LogP) is 5.07. The van der Waals surface area contributed by atoms with Gasteiger partial charge in [0.1, 0.15) is 17.6 Å². The van der Waals surface area contributed by atoms with Gasteiger partial charge in [-0.1, -0.05) is 30.3 Å². The maximum Gasteiger partial charge on any atom is 0.124 e. The van der Waals surface area contributed by atoms with Crippen molar-refractivity contribution in [3.8, 4) is 11.5 Å². The molecule has 2 unspecified atom stereocenters. The highest BCUT2D eigenvalue weighted by Crippen LogP contribution is 2.37. The van der Waals surface area contributed by atoms with Crippen molar-refractivity contribution in [3.05, 3.63) is 59.7 Å². The Labute approximate surface area is 179 Å². The van der Waals surface area contributed by atoms with Gasteiger partial charge in [0.15, 0.2) is 0 Å². The largest absolute Gasteiger partial charge is 0.490 e. The zero-order valence-electron chi connectivity index (χ0n) is 17.7. The number of hydrogen-bond acceptors (Lipinski definition) is 4. The molecule has 1 saturated carbocycles. The van der Waals surface area contributed by atoms with Gasteiger partial charge < -0.3 is 19.5 Å². The Kier molecular flexibility index (Phi) is 6.24. The Morgan fingerprint density at radius 3 is 2.60 bits per heavy atom. The van der Waals surface area contributed by atoms with Crippen LogP contribution in [-0.2, 0) is 11.2 Å². The molecule has 0 aromatic heterocycles. The highest BCUT2D eigenvalue weighted by molar-refractivity contribution is 5.42. The van der Waals surface area contributed by atoms with Crippen LogP contribution in [0, 0.1) is 5.92 Å². The van der Waals surface area contributed by atoms with Crippen LogP contribution in [0.5, 0.6) is 11.5 Å². The first-order chi connectivity index (χ1) is 14.8. The Balaban J connectivity index is 1.11. The lowest BCUT2D eigenvalue weighted by Gasteiger charge is -2.31. The van der Waals surface area contributed by atoms with E-state index < -0.39 is 0 Å². The number of nitrogens with one attached hydrogen (secondary N) is 1. The normalized spacial score (nSPS) is 28.5. The lowest BCUT2D eigenvalue weighted by molar-refractivity contribution is 0.136. The fourth-order valence-electron chi connectivity index (χ4n) is 5.00. The molecule has 30 heavy (non-hydrogen) atoms. The van der Waals surface area contributed by atoms with Crippen LogP contribution in [0.25, 0.3) is 0 Å². The number of hydrogen-bond donors (Lipinski definition) is 1. The van der Waals surface area contributed by atoms with Crippen molar-refractivity contribution >= 4 is 0 Å². The first kappa shape index (κ1) is 19.9. The van der Waals surface area contributed by atoms with E-state index in [1.807, 2.05) is 0 Å². The standard InChI is InChI=1S/C26H33NO3/c1-2-4-20(5-3-1)25-12-6-21-16-24(11-13-26(21)30-25)29-23-9-7-22(8-10-23)27-17-19-14-15-28-18-19/h1-5,11,13,16,19,22-23,25,27H,6-10,12,14-15,17-18H2/t19?,22-,23-,25?. The molecule has 3 aliphatic rings. The molecule has 160 valence electrons. The first-order valence-electron chi connectivity index (χ1n) is 11.7. The van der Waals surface area contributed by atoms with Gasteiger partial charge in [-0.05, 0) is 80.2 Å². The summed E-state index contributed by atoms with van der Waals surface area (Å²) in [6, 6.07) is 17.5. The highest BCUT2D eigenvalue weighted by Gasteiger charge is 2.25. The molecule has 2 aromatic rings. The molecule has 1 saturated heterocycles. The summed E-state index contributed by atoms with van der Waals surface area (Å²) in [5, 5.41) is 3.75. The van der Waals surface area contributed by atoms with Crippen LogP contribution in [0.15, 0.2) is 48.5 Å². The molecule has 2 heterocycles. The van der Waals surface area contributed by atoms with Crippen molar-refractivity contribution in [2.45, 2.75) is 63.2 Å². The third kappa shape index (κ3) is 4.81. The Bertz CT molecular complexity index is 810. The molecule has 2 aliphatic heterocycles. The van der Waals surface area contributed by atoms with Gasteiger partial charge in [0, 0.05) is 19.2 Å². The molecule has 2 atom stereocenters. The third-order valence-corrected chi connectivity index (χ3v) is 6.84. The smallest absolute Gasteiger partial charge is 0.124 e. The summed E-state index contributed by atoms with van der Waals surface area (Å²) >= 11 is 0. The molecular weight excluding hydrogens is 374 g/mol. The average molecular weight is 408 g/mol. The van der Waals surface area contributed by atoms with E-state index >= 15 is 0 Å². The molecule has 5 rings (SSSR count). The lowest BCUT2D eigenvalue weighted by atomic mass is 9.92. The van der Waals surface area contributed by atoms with E-state index in [1.165, 1.54) is 30.4 Å². The van der Waals surface area contributed by atoms with Gasteiger partial charge in [-0.3, -0.25) is 0 Å². The van der Waals surface area contributed by atoms with Gasteiger partial charge in [0.2, 0.25) is 0 Å². The van der Waals surface area contributed by atoms with Crippen molar-refractivity contribution in [2.24, 2.45) is 5.92 Å². The molecular formula is C26H33NO3. The van der Waals surface area contributed by atoms with Crippen LogP contribution >= 0.6 is 0 Å². The Morgan fingerprint density at radius 2 is 1.80 bits per heavy atom. The third-order valence-electron chi connectivity index (χ3n) is 6.84. The molecule has 4 nitrogen and oxygen atoms in total. The van der Waals surface area contributed by atoms with Crippen molar-refractivity contribution in [3.63, 3.8) is 0 Å². The summed E-state index contributed by atoms with van der Waals surface area (Å²) in [5.41, 5.74) is 2.53. The summed E-state index contributed by atoms with van der Waals surface area (Å²) in [5.74, 6) is 2.71. The average Bonchev–Trinajstić information content (AvgIpc) is 3.33. The fourth-order valence-corrected chi connectivity index (χ4v) is 5.00. The van der Waals surface area contributed by atoms with E-state index in [-0.39, 0.29) is 6.10 Å². The van der Waals surface area contributed by atoms with E-state index in [2.05, 4.69) is 53.8 Å². The van der Waals surface area contributed by atoms with E-state index in [0.29, 0.717) is 18.1 Å². The zero-order valence-corrected chi connectivity index (χ0v) is 17.7. The quantitative estimate of drug-likeness (QED) is 0.726. The predicted molar refractivity (Wildman–Crippen MR) is 118 cm³/mol. The van der Waals surface area contributed by atoms with Crippen LogP contribution in [0.3, 0.4) is 0 Å². The maximum absolute atomic E-state index is 6.36. The molecule has 2 fully saturated rings. The molecule has 1 N–H and O–H groups in total. The van der Waals surface area contributed by atoms with Gasteiger partial charge >= 0.3 is 0 Å². The lowest BCUT2D eigenvalue weighted by Crippen LogP contribution is -2.38. The molecule has 2 aromatic carbocycles. The minimum Gasteiger partial charge on any atom is -0.490 e. The zero-order chi connectivity index (χ0) is 20.2. The van der Waals surface area contributed by atoms with E-state index in [0.717, 1.165) is 56.9 Å². The number of ether oxygens (including phenoxy) is 3. The van der Waals surface area contributed by atoms with Crippen molar-refractivity contribution in [1.29, 1.82) is 0 Å². The maximum atomic E-state index is 6.36. The van der Waals surface area contributed by atoms with Crippen molar-refractivity contribution in [2.75, 3.05) is 19.8 Å². The minimum atomic E-state index is 0.157. The second kappa shape index (κ2) is 9.40. The van der Waals surface area contributed by atoms with Gasteiger partial charge in [0.05, 0.1) is 12.7 Å². The van der Waals surface area contributed by atoms with Crippen molar-refractivity contribution in [1.82, 2.24) is 5.32 Å². The summed E-state index contributed by atoms with van der Waals surface area (Å²) in [6.45, 7) is 2.97. The van der Waals surface area contributed by atoms with Gasteiger partial charge in [-0.2, -0.15) is 0 Å². The summed E-state index contributed by atoms with van der Waals surface area (Å²) in [6.07, 6.45) is 8.40. The van der Waals surface area contributed by atoms with Crippen LogP contribution in [0.2, 0.25) is 0 Å². The Morgan fingerprint density at radius 1 is 0.933 bits per heavy atom. The number of fused-ring (bicyclic) bond motifs is 1. The topological polar surface area (TPSA) is 39.7 Å². The number of benzene rings is 2. The van der Waals surface area contributed by atoms with Gasteiger partial charge in [-0.15, -0.1) is 0 Å². The summed E-state index contributed by atoms with van der Waals surface area (Å²) in [4.78, 5) is 0. The number of rotatable bonds is 6. The monoisotopic (exact) mass is 407 g/mol. The van der Waals surface area contributed by atoms with Crippen LogP contribution < -0.4 is 14.8 Å². The number of aryl methyl sites for hydroxylation is 1. The first-order valence-corrected chi connectivity index (χ1v) is 11.7. The van der Waals surface area contributed by atoms with Crippen molar-refractivity contribution < 1.29 is 14.2 Å². The fraction of sp³-hybridized carbons (Fsp3) is 0.538. The second-order valence-electron chi connectivity index (χ2n) is 9.05. The van der Waals surface area contributed by atoms with Crippen LogP contribution in [0.4, 0.5) is 0 Å². The second-order valence-corrected chi connectivity index (χ2v) is 9.05. The summed E-state index contributed by atoms with van der Waals surface area (Å²) < 4.78 is 18.1. The van der Waals surface area contributed by atoms with Crippen LogP contribution in [0.1, 0.15) is 55.8 Å². The Hall–Kier alpha value is -2.04. The molecule has 1 aliphatic carbocycles. The molecule has 0 radical (unpaired) electrons. The highest BCUT2D eigenvalue weighted by atomic mass is 16.5. The summed E-state index contributed by atoms with van der Waals surface area (Å²) in [7, 11) is 0. The minimum absolute atomic E-state index is 0.157. The van der Waals surface area contributed by atoms with E-state index in [9.17, 15) is 0 Å². The van der Waals surface area contributed by atoms with E-state index in [1.54, 1.807) is 0 Å². The molecule has 0 spiro atoms.